The Morgan fingerprint density at radius 2 is 2.16 bits per heavy atom. The summed E-state index contributed by atoms with van der Waals surface area (Å²) in [6, 6.07) is 6.95. The molecule has 0 bridgehead atoms. The van der Waals surface area contributed by atoms with E-state index in [1.54, 1.807) is 0 Å². The Morgan fingerprint density at radius 3 is 2.79 bits per heavy atom. The lowest BCUT2D eigenvalue weighted by atomic mass is 10.2. The summed E-state index contributed by atoms with van der Waals surface area (Å²) in [4.78, 5) is 13.7. The van der Waals surface area contributed by atoms with E-state index in [0.29, 0.717) is 16.3 Å². The van der Waals surface area contributed by atoms with Crippen LogP contribution in [0.5, 0.6) is 0 Å². The highest BCUT2D eigenvalue weighted by atomic mass is 35.5. The minimum atomic E-state index is -0.570. The number of anilines is 1. The summed E-state index contributed by atoms with van der Waals surface area (Å²) in [5, 5.41) is 14.0. The Morgan fingerprint density at radius 1 is 1.37 bits per heavy atom. The number of nitrogens with one attached hydrogen (secondary N) is 1. The summed E-state index contributed by atoms with van der Waals surface area (Å²) < 4.78 is 12.6. The number of aromatic nitrogens is 1. The molecule has 0 fully saturated rings. The molecule has 0 saturated heterocycles. The van der Waals surface area contributed by atoms with Gasteiger partial charge in [-0.2, -0.15) is 4.39 Å². The number of rotatable bonds is 4. The summed E-state index contributed by atoms with van der Waals surface area (Å²) in [7, 11) is 0. The van der Waals surface area contributed by atoms with Gasteiger partial charge in [-0.25, -0.2) is 4.98 Å². The zero-order chi connectivity index (χ0) is 13.8. The molecule has 1 N–H and O–H groups in total. The standard InChI is InChI=1S/C12H9ClFN3O2/c13-11-3-2-10(17(18)19)5-8(11)6-15-9-1-4-12(14)16-7-9/h1-5,7,15H,6H2. The maximum Gasteiger partial charge on any atom is 0.269 e. The van der Waals surface area contributed by atoms with Crippen LogP contribution in [0.1, 0.15) is 5.56 Å². The second kappa shape index (κ2) is 5.62. The molecule has 0 unspecified atom stereocenters. The van der Waals surface area contributed by atoms with Crippen LogP contribution in [0.3, 0.4) is 0 Å². The first-order valence-corrected chi connectivity index (χ1v) is 5.72. The molecule has 1 aromatic carbocycles. The summed E-state index contributed by atoms with van der Waals surface area (Å²) in [6.45, 7) is 0.286. The largest absolute Gasteiger partial charge is 0.380 e. The van der Waals surface area contributed by atoms with E-state index < -0.39 is 10.9 Å². The molecule has 19 heavy (non-hydrogen) atoms. The zero-order valence-electron chi connectivity index (χ0n) is 9.64. The highest BCUT2D eigenvalue weighted by Gasteiger charge is 2.09. The van der Waals surface area contributed by atoms with Crippen LogP contribution in [0.25, 0.3) is 0 Å². The molecule has 1 heterocycles. The Hall–Kier alpha value is -2.21. The van der Waals surface area contributed by atoms with Crippen molar-refractivity contribution in [1.29, 1.82) is 0 Å². The number of non-ortho nitro benzene ring substituents is 1. The fraction of sp³-hybridized carbons (Fsp3) is 0.0833. The fourth-order valence-electron chi connectivity index (χ4n) is 1.49. The van der Waals surface area contributed by atoms with E-state index in [0.717, 1.165) is 0 Å². The molecule has 7 heteroatoms. The second-order valence-electron chi connectivity index (χ2n) is 3.76. The first-order chi connectivity index (χ1) is 9.06. The monoisotopic (exact) mass is 281 g/mol. The van der Waals surface area contributed by atoms with Crippen molar-refractivity contribution in [3.63, 3.8) is 0 Å². The second-order valence-corrected chi connectivity index (χ2v) is 4.16. The molecule has 1 aromatic heterocycles. The predicted octanol–water partition coefficient (Wildman–Crippen LogP) is 3.39. The lowest BCUT2D eigenvalue weighted by molar-refractivity contribution is -0.384. The van der Waals surface area contributed by atoms with E-state index in [1.807, 2.05) is 0 Å². The molecule has 5 nitrogen and oxygen atoms in total. The van der Waals surface area contributed by atoms with Crippen LogP contribution < -0.4 is 5.32 Å². The van der Waals surface area contributed by atoms with E-state index in [1.165, 1.54) is 36.5 Å². The highest BCUT2D eigenvalue weighted by molar-refractivity contribution is 6.31. The SMILES string of the molecule is O=[N+]([O-])c1ccc(Cl)c(CNc2ccc(F)nc2)c1. The maximum absolute atomic E-state index is 12.6. The fourth-order valence-corrected chi connectivity index (χ4v) is 1.67. The van der Waals surface area contributed by atoms with Gasteiger partial charge >= 0.3 is 0 Å². The first-order valence-electron chi connectivity index (χ1n) is 5.34. The molecule has 98 valence electrons. The van der Waals surface area contributed by atoms with Crippen LogP contribution in [-0.4, -0.2) is 9.91 Å². The summed E-state index contributed by atoms with van der Waals surface area (Å²) >= 11 is 5.95. The van der Waals surface area contributed by atoms with Crippen molar-refractivity contribution < 1.29 is 9.31 Å². The number of halogens is 2. The smallest absolute Gasteiger partial charge is 0.269 e. The number of hydrogen-bond acceptors (Lipinski definition) is 4. The van der Waals surface area contributed by atoms with Crippen molar-refractivity contribution in [2.75, 3.05) is 5.32 Å². The van der Waals surface area contributed by atoms with Crippen LogP contribution in [0.2, 0.25) is 5.02 Å². The van der Waals surface area contributed by atoms with Crippen molar-refractivity contribution in [2.45, 2.75) is 6.54 Å². The highest BCUT2D eigenvalue weighted by Crippen LogP contribution is 2.22. The maximum atomic E-state index is 12.6. The third kappa shape index (κ3) is 3.38. The van der Waals surface area contributed by atoms with Gasteiger partial charge in [-0.15, -0.1) is 0 Å². The average molecular weight is 282 g/mol. The Kier molecular flexibility index (Phi) is 3.91. The zero-order valence-corrected chi connectivity index (χ0v) is 10.4. The number of pyridine rings is 1. The first kappa shape index (κ1) is 13.2. The van der Waals surface area contributed by atoms with E-state index in [4.69, 9.17) is 11.6 Å². The average Bonchev–Trinajstić information content (AvgIpc) is 2.39. The number of nitro groups is 1. The van der Waals surface area contributed by atoms with Gasteiger partial charge in [-0.3, -0.25) is 10.1 Å². The van der Waals surface area contributed by atoms with Crippen molar-refractivity contribution in [3.8, 4) is 0 Å². The lowest BCUT2D eigenvalue weighted by Gasteiger charge is -2.07. The molecule has 0 amide bonds. The van der Waals surface area contributed by atoms with Gasteiger partial charge in [0.25, 0.3) is 5.69 Å². The third-order valence-corrected chi connectivity index (χ3v) is 2.82. The molecule has 0 radical (unpaired) electrons. The van der Waals surface area contributed by atoms with Crippen molar-refractivity contribution in [3.05, 3.63) is 63.2 Å². The molecule has 0 aliphatic rings. The molecule has 0 atom stereocenters. The van der Waals surface area contributed by atoms with Crippen LogP contribution in [0.4, 0.5) is 15.8 Å². The minimum absolute atomic E-state index is 0.0292. The van der Waals surface area contributed by atoms with E-state index in [-0.39, 0.29) is 12.2 Å². The van der Waals surface area contributed by atoms with Gasteiger partial charge in [0.15, 0.2) is 0 Å². The molecule has 0 spiro atoms. The molecule has 0 aliphatic carbocycles. The van der Waals surface area contributed by atoms with Crippen molar-refractivity contribution in [2.24, 2.45) is 0 Å². The molecular weight excluding hydrogens is 273 g/mol. The van der Waals surface area contributed by atoms with Crippen LogP contribution in [-0.2, 0) is 6.54 Å². The Bertz CT molecular complexity index is 604. The number of nitro benzene ring substituents is 1. The molecule has 2 aromatic rings. The molecule has 0 aliphatic heterocycles. The van der Waals surface area contributed by atoms with Gasteiger partial charge in [-0.1, -0.05) is 11.6 Å². The van der Waals surface area contributed by atoms with Crippen molar-refractivity contribution >= 4 is 23.0 Å². The number of nitrogens with zero attached hydrogens (tertiary/aromatic N) is 2. The summed E-state index contributed by atoms with van der Waals surface area (Å²) in [5.41, 5.74) is 1.16. The van der Waals surface area contributed by atoms with Gasteiger partial charge in [0.1, 0.15) is 0 Å². The summed E-state index contributed by atoms with van der Waals surface area (Å²) in [5.74, 6) is -0.570. The molecule has 0 saturated carbocycles. The Labute approximate surface area is 113 Å². The quantitative estimate of drug-likeness (QED) is 0.530. The van der Waals surface area contributed by atoms with Crippen LogP contribution >= 0.6 is 11.6 Å². The van der Waals surface area contributed by atoms with Crippen molar-refractivity contribution in [1.82, 2.24) is 4.98 Å². The lowest BCUT2D eigenvalue weighted by Crippen LogP contribution is -2.01. The van der Waals surface area contributed by atoms with Gasteiger partial charge in [-0.05, 0) is 23.8 Å². The topological polar surface area (TPSA) is 68.1 Å². The minimum Gasteiger partial charge on any atom is -0.380 e. The van der Waals surface area contributed by atoms with Gasteiger partial charge in [0.05, 0.1) is 16.8 Å². The van der Waals surface area contributed by atoms with Gasteiger partial charge < -0.3 is 5.32 Å². The van der Waals surface area contributed by atoms with Gasteiger partial charge in [0.2, 0.25) is 5.95 Å². The van der Waals surface area contributed by atoms with E-state index in [2.05, 4.69) is 10.3 Å². The van der Waals surface area contributed by atoms with E-state index >= 15 is 0 Å². The molecular formula is C12H9ClFN3O2. The van der Waals surface area contributed by atoms with E-state index in [9.17, 15) is 14.5 Å². The Balaban J connectivity index is 2.12. The normalized spacial score (nSPS) is 10.2. The third-order valence-electron chi connectivity index (χ3n) is 2.45. The van der Waals surface area contributed by atoms with Gasteiger partial charge in [0, 0.05) is 23.7 Å². The number of benzene rings is 1. The molecule has 2 rings (SSSR count). The van der Waals surface area contributed by atoms with Crippen LogP contribution in [0.15, 0.2) is 36.5 Å². The summed E-state index contributed by atoms with van der Waals surface area (Å²) in [6.07, 6.45) is 1.33. The van der Waals surface area contributed by atoms with Crippen LogP contribution in [0, 0.1) is 16.1 Å². The predicted molar refractivity (Wildman–Crippen MR) is 69.6 cm³/mol. The number of hydrogen-bond donors (Lipinski definition) is 1.